The normalized spacial score (nSPS) is 9.42. The second kappa shape index (κ2) is 3.71. The van der Waals surface area contributed by atoms with Crippen LogP contribution >= 0.6 is 0 Å². The van der Waals surface area contributed by atoms with Gasteiger partial charge in [0, 0.05) is 0 Å². The molecule has 0 amide bonds. The van der Waals surface area contributed by atoms with Crippen molar-refractivity contribution in [1.82, 2.24) is 0 Å². The van der Waals surface area contributed by atoms with Crippen molar-refractivity contribution in [2.45, 2.75) is 0 Å². The second-order valence-electron chi connectivity index (χ2n) is 2.01. The van der Waals surface area contributed by atoms with E-state index in [4.69, 9.17) is 4.42 Å². The molecule has 0 aliphatic rings. The van der Waals surface area contributed by atoms with Crippen molar-refractivity contribution in [2.75, 3.05) is 7.11 Å². The summed E-state index contributed by atoms with van der Waals surface area (Å²) in [5, 5.41) is 0. The van der Waals surface area contributed by atoms with Crippen LogP contribution in [0.15, 0.2) is 22.8 Å². The molecule has 1 radical (unpaired) electrons. The zero-order valence-electron chi connectivity index (χ0n) is 6.44. The van der Waals surface area contributed by atoms with Gasteiger partial charge in [-0.25, -0.2) is 0 Å². The molecule has 1 rings (SSSR count). The molecule has 0 aliphatic carbocycles. The van der Waals surface area contributed by atoms with Gasteiger partial charge >= 0.3 is 5.97 Å². The molecule has 0 fully saturated rings. The number of hydrogen-bond acceptors (Lipinski definition) is 4. The van der Waals surface area contributed by atoms with E-state index in [-0.39, 0.29) is 5.76 Å². The number of Topliss-reactive ketones (excluding diaryl/α,β-unsaturated/α-hetero) is 1. The van der Waals surface area contributed by atoms with Crippen molar-refractivity contribution in [2.24, 2.45) is 0 Å². The summed E-state index contributed by atoms with van der Waals surface area (Å²) < 4.78 is 9.01. The zero-order valence-corrected chi connectivity index (χ0v) is 6.44. The molecule has 0 aliphatic heterocycles. The Morgan fingerprint density at radius 3 is 2.83 bits per heavy atom. The van der Waals surface area contributed by atoms with E-state index in [0.29, 0.717) is 0 Å². The Morgan fingerprint density at radius 1 is 1.58 bits per heavy atom. The molecule has 1 aromatic heterocycles. The number of ketones is 1. The molecule has 1 aromatic rings. The molecule has 4 nitrogen and oxygen atoms in total. The van der Waals surface area contributed by atoms with Crippen molar-refractivity contribution < 1.29 is 18.7 Å². The van der Waals surface area contributed by atoms with Crippen LogP contribution in [0.3, 0.4) is 0 Å². The van der Waals surface area contributed by atoms with E-state index in [2.05, 4.69) is 4.74 Å². The third-order valence-corrected chi connectivity index (χ3v) is 1.21. The molecule has 12 heavy (non-hydrogen) atoms. The van der Waals surface area contributed by atoms with E-state index in [1.807, 2.05) is 0 Å². The average Bonchev–Trinajstić information content (AvgIpc) is 2.56. The molecule has 63 valence electrons. The molecule has 0 saturated heterocycles. The number of furan rings is 1. The van der Waals surface area contributed by atoms with Crippen LogP contribution in [-0.2, 0) is 9.53 Å². The summed E-state index contributed by atoms with van der Waals surface area (Å²) in [6.45, 7) is 0. The van der Waals surface area contributed by atoms with Crippen LogP contribution in [-0.4, -0.2) is 18.9 Å². The lowest BCUT2D eigenvalue weighted by Gasteiger charge is -1.94. The van der Waals surface area contributed by atoms with Gasteiger partial charge in [0.15, 0.2) is 5.76 Å². The summed E-state index contributed by atoms with van der Waals surface area (Å²) in [6, 6.07) is 3.04. The summed E-state index contributed by atoms with van der Waals surface area (Å²) in [6.07, 6.45) is 2.19. The predicted octanol–water partition coefficient (Wildman–Crippen LogP) is 0.840. The molecule has 0 atom stereocenters. The van der Waals surface area contributed by atoms with Crippen LogP contribution in [0.5, 0.6) is 0 Å². The number of methoxy groups -OCH3 is 1. The van der Waals surface area contributed by atoms with Gasteiger partial charge in [0.05, 0.1) is 13.4 Å². The van der Waals surface area contributed by atoms with Crippen molar-refractivity contribution >= 4 is 11.8 Å². The first kappa shape index (κ1) is 8.52. The Morgan fingerprint density at radius 2 is 2.33 bits per heavy atom. The van der Waals surface area contributed by atoms with Gasteiger partial charge < -0.3 is 9.15 Å². The Bertz CT molecular complexity index is 273. The summed E-state index contributed by atoms with van der Waals surface area (Å²) in [5.41, 5.74) is 0. The molecule has 0 aromatic carbocycles. The first-order valence-electron chi connectivity index (χ1n) is 3.24. The molecule has 0 saturated carbocycles. The lowest BCUT2D eigenvalue weighted by molar-refractivity contribution is -0.136. The van der Waals surface area contributed by atoms with Crippen LogP contribution in [0.1, 0.15) is 10.6 Å². The number of ether oxygens (including phenoxy) is 1. The summed E-state index contributed by atoms with van der Waals surface area (Å²) in [4.78, 5) is 21.6. The van der Waals surface area contributed by atoms with Gasteiger partial charge in [0.1, 0.15) is 6.42 Å². The minimum absolute atomic E-state index is 0.125. The maximum atomic E-state index is 11.0. The monoisotopic (exact) mass is 167 g/mol. The van der Waals surface area contributed by atoms with Gasteiger partial charge in [-0.2, -0.15) is 0 Å². The fraction of sp³-hybridized carbons (Fsp3) is 0.125. The van der Waals surface area contributed by atoms with Crippen molar-refractivity contribution in [3.63, 3.8) is 0 Å². The fourth-order valence-electron chi connectivity index (χ4n) is 0.656. The molecular weight excluding hydrogens is 160 g/mol. The Labute approximate surface area is 69.1 Å². The average molecular weight is 167 g/mol. The molecule has 0 N–H and O–H groups in total. The molecule has 4 heteroatoms. The highest BCUT2D eigenvalue weighted by molar-refractivity contribution is 6.14. The Kier molecular flexibility index (Phi) is 2.63. The molecule has 0 spiro atoms. The lowest BCUT2D eigenvalue weighted by Crippen LogP contribution is -2.09. The topological polar surface area (TPSA) is 56.5 Å². The highest BCUT2D eigenvalue weighted by Crippen LogP contribution is 2.03. The Balaban J connectivity index is 2.56. The van der Waals surface area contributed by atoms with Gasteiger partial charge in [-0.3, -0.25) is 9.59 Å². The zero-order chi connectivity index (χ0) is 8.97. The number of esters is 1. The van der Waals surface area contributed by atoms with Crippen molar-refractivity contribution in [1.29, 1.82) is 0 Å². The first-order chi connectivity index (χ1) is 5.74. The predicted molar refractivity (Wildman–Crippen MR) is 39.4 cm³/mol. The SMILES string of the molecule is COC(=O)[CH]C(=O)c1ccco1. The standard InChI is InChI=1S/C8H7O4/c1-11-8(10)5-6(9)7-3-2-4-12-7/h2-5H,1H3. The third-order valence-electron chi connectivity index (χ3n) is 1.21. The van der Waals surface area contributed by atoms with Crippen LogP contribution in [0.2, 0.25) is 0 Å². The van der Waals surface area contributed by atoms with Crippen LogP contribution in [0.25, 0.3) is 0 Å². The lowest BCUT2D eigenvalue weighted by atomic mass is 10.2. The van der Waals surface area contributed by atoms with E-state index >= 15 is 0 Å². The quantitative estimate of drug-likeness (QED) is 0.380. The number of rotatable bonds is 3. The summed E-state index contributed by atoms with van der Waals surface area (Å²) in [7, 11) is 1.20. The molecule has 0 bridgehead atoms. The van der Waals surface area contributed by atoms with Gasteiger partial charge in [-0.1, -0.05) is 0 Å². The van der Waals surface area contributed by atoms with Gasteiger partial charge in [-0.15, -0.1) is 0 Å². The van der Waals surface area contributed by atoms with Crippen LogP contribution in [0.4, 0.5) is 0 Å². The van der Waals surface area contributed by atoms with E-state index in [1.165, 1.54) is 19.4 Å². The van der Waals surface area contributed by atoms with Crippen LogP contribution in [0, 0.1) is 6.42 Å². The maximum absolute atomic E-state index is 11.0. The van der Waals surface area contributed by atoms with Gasteiger partial charge in [0.25, 0.3) is 0 Å². The second-order valence-corrected chi connectivity index (χ2v) is 2.01. The van der Waals surface area contributed by atoms with Crippen molar-refractivity contribution in [3.05, 3.63) is 30.6 Å². The fourth-order valence-corrected chi connectivity index (χ4v) is 0.656. The largest absolute Gasteiger partial charge is 0.468 e. The molecule has 1 heterocycles. The van der Waals surface area contributed by atoms with Gasteiger partial charge in [-0.05, 0) is 12.1 Å². The summed E-state index contributed by atoms with van der Waals surface area (Å²) >= 11 is 0. The highest BCUT2D eigenvalue weighted by Gasteiger charge is 2.14. The van der Waals surface area contributed by atoms with E-state index in [9.17, 15) is 9.59 Å². The van der Waals surface area contributed by atoms with Crippen LogP contribution < -0.4 is 0 Å². The molecular formula is C8H7O4. The first-order valence-corrected chi connectivity index (χ1v) is 3.24. The maximum Gasteiger partial charge on any atom is 0.318 e. The van der Waals surface area contributed by atoms with Gasteiger partial charge in [0.2, 0.25) is 5.78 Å². The minimum Gasteiger partial charge on any atom is -0.468 e. The minimum atomic E-state index is -0.684. The smallest absolute Gasteiger partial charge is 0.318 e. The van der Waals surface area contributed by atoms with E-state index in [1.54, 1.807) is 6.07 Å². The Hall–Kier alpha value is -1.58. The van der Waals surface area contributed by atoms with Crippen molar-refractivity contribution in [3.8, 4) is 0 Å². The number of carbonyl (C=O) groups excluding carboxylic acids is 2. The van der Waals surface area contributed by atoms with E-state index in [0.717, 1.165) is 6.42 Å². The third kappa shape index (κ3) is 1.95. The molecule has 0 unspecified atom stereocenters. The van der Waals surface area contributed by atoms with E-state index < -0.39 is 11.8 Å². The summed E-state index contributed by atoms with van der Waals surface area (Å²) in [5.74, 6) is -1.05. The highest BCUT2D eigenvalue weighted by atomic mass is 16.5. The number of carbonyl (C=O) groups is 2. The number of hydrogen-bond donors (Lipinski definition) is 0.